The lowest BCUT2D eigenvalue weighted by molar-refractivity contribution is -0.110. The molecule has 1 aliphatic heterocycles. The average Bonchev–Trinajstić information content (AvgIpc) is 3.23. The molecule has 0 spiro atoms. The highest BCUT2D eigenvalue weighted by molar-refractivity contribution is 6.35. The Morgan fingerprint density at radius 1 is 1.17 bits per heavy atom. The molecule has 142 valence electrons. The standard InChI is InChI=1S/C21H13ClFN5O/c22-13-2-1-3-15(9-13)25-19-6-7-28-20(27-19)12(11-24-28)8-17-16-10-14(23)4-5-18(16)26-21(17)29/h1-11H,(H,25,27)(H,26,29)/b17-8-. The van der Waals surface area contributed by atoms with Crippen LogP contribution in [-0.4, -0.2) is 20.5 Å². The predicted octanol–water partition coefficient (Wildman–Crippen LogP) is 4.76. The summed E-state index contributed by atoms with van der Waals surface area (Å²) < 4.78 is 15.3. The minimum absolute atomic E-state index is 0.293. The van der Waals surface area contributed by atoms with Gasteiger partial charge >= 0.3 is 0 Å². The minimum Gasteiger partial charge on any atom is -0.340 e. The number of nitrogens with one attached hydrogen (secondary N) is 2. The lowest BCUT2D eigenvalue weighted by Crippen LogP contribution is -2.03. The van der Waals surface area contributed by atoms with Crippen molar-refractivity contribution in [3.05, 3.63) is 82.9 Å². The van der Waals surface area contributed by atoms with Gasteiger partial charge in [0.2, 0.25) is 0 Å². The van der Waals surface area contributed by atoms with Crippen LogP contribution in [0.3, 0.4) is 0 Å². The first-order valence-corrected chi connectivity index (χ1v) is 9.14. The Balaban J connectivity index is 1.55. The van der Waals surface area contributed by atoms with Crippen LogP contribution in [0.25, 0.3) is 17.3 Å². The average molecular weight is 406 g/mol. The number of amides is 1. The molecule has 0 saturated carbocycles. The molecule has 4 aromatic rings. The highest BCUT2D eigenvalue weighted by Crippen LogP contribution is 2.34. The summed E-state index contributed by atoms with van der Waals surface area (Å²) in [6.45, 7) is 0. The van der Waals surface area contributed by atoms with E-state index in [1.807, 2.05) is 12.1 Å². The lowest BCUT2D eigenvalue weighted by atomic mass is 10.1. The highest BCUT2D eigenvalue weighted by atomic mass is 35.5. The van der Waals surface area contributed by atoms with E-state index in [2.05, 4.69) is 20.7 Å². The number of carbonyl (C=O) groups is 1. The number of carbonyl (C=O) groups excluding carboxylic acids is 1. The molecule has 2 aromatic carbocycles. The van der Waals surface area contributed by atoms with Crippen LogP contribution in [0, 0.1) is 5.82 Å². The molecule has 1 amide bonds. The SMILES string of the molecule is O=C1Nc2ccc(F)cc2/C1=C/c1cnn2ccc(Nc3cccc(Cl)c3)nc12. The van der Waals surface area contributed by atoms with Gasteiger partial charge in [0.1, 0.15) is 11.6 Å². The molecule has 5 rings (SSSR count). The molecule has 0 unspecified atom stereocenters. The highest BCUT2D eigenvalue weighted by Gasteiger charge is 2.25. The summed E-state index contributed by atoms with van der Waals surface area (Å²) in [4.78, 5) is 17.0. The molecule has 0 radical (unpaired) electrons. The Morgan fingerprint density at radius 2 is 2.07 bits per heavy atom. The zero-order valence-corrected chi connectivity index (χ0v) is 15.6. The van der Waals surface area contributed by atoms with Gasteiger partial charge in [0, 0.05) is 39.3 Å². The van der Waals surface area contributed by atoms with E-state index in [4.69, 9.17) is 11.6 Å². The van der Waals surface area contributed by atoms with Gasteiger partial charge in [0.05, 0.1) is 6.20 Å². The van der Waals surface area contributed by atoms with Crippen molar-refractivity contribution in [2.24, 2.45) is 0 Å². The molecule has 29 heavy (non-hydrogen) atoms. The first kappa shape index (κ1) is 17.4. The van der Waals surface area contributed by atoms with Crippen LogP contribution in [0.4, 0.5) is 21.6 Å². The molecule has 2 aromatic heterocycles. The number of benzene rings is 2. The van der Waals surface area contributed by atoms with Gasteiger partial charge in [0.25, 0.3) is 5.91 Å². The summed E-state index contributed by atoms with van der Waals surface area (Å²) in [5.74, 6) is -0.0995. The van der Waals surface area contributed by atoms with E-state index in [0.717, 1.165) is 5.69 Å². The molecule has 8 heteroatoms. The van der Waals surface area contributed by atoms with Crippen LogP contribution < -0.4 is 10.6 Å². The predicted molar refractivity (Wildman–Crippen MR) is 111 cm³/mol. The maximum absolute atomic E-state index is 13.7. The van der Waals surface area contributed by atoms with Crippen molar-refractivity contribution in [2.75, 3.05) is 10.6 Å². The molecule has 0 aliphatic carbocycles. The second-order valence-electron chi connectivity index (χ2n) is 6.52. The number of hydrogen-bond donors (Lipinski definition) is 2. The number of fused-ring (bicyclic) bond motifs is 2. The van der Waals surface area contributed by atoms with E-state index >= 15 is 0 Å². The maximum Gasteiger partial charge on any atom is 0.256 e. The number of nitrogens with zero attached hydrogens (tertiary/aromatic N) is 3. The van der Waals surface area contributed by atoms with Crippen molar-refractivity contribution in [1.29, 1.82) is 0 Å². The lowest BCUT2D eigenvalue weighted by Gasteiger charge is -2.06. The summed E-state index contributed by atoms with van der Waals surface area (Å²) in [6.07, 6.45) is 5.04. The molecule has 2 N–H and O–H groups in total. The van der Waals surface area contributed by atoms with Crippen LogP contribution >= 0.6 is 11.6 Å². The molecule has 0 fully saturated rings. The van der Waals surface area contributed by atoms with Gasteiger partial charge in [-0.2, -0.15) is 5.10 Å². The fourth-order valence-electron chi connectivity index (χ4n) is 3.23. The van der Waals surface area contributed by atoms with E-state index in [1.165, 1.54) is 12.1 Å². The number of rotatable bonds is 3. The molecular weight excluding hydrogens is 393 g/mol. The second kappa shape index (κ2) is 6.72. The van der Waals surface area contributed by atoms with Crippen LogP contribution in [0.1, 0.15) is 11.1 Å². The van der Waals surface area contributed by atoms with Crippen LogP contribution in [0.2, 0.25) is 5.02 Å². The largest absolute Gasteiger partial charge is 0.340 e. The zero-order chi connectivity index (χ0) is 20.0. The van der Waals surface area contributed by atoms with E-state index in [9.17, 15) is 9.18 Å². The number of anilines is 3. The van der Waals surface area contributed by atoms with Gasteiger partial charge in [0.15, 0.2) is 5.65 Å². The number of aromatic nitrogens is 3. The molecule has 0 saturated heterocycles. The first-order valence-electron chi connectivity index (χ1n) is 8.77. The Hall–Kier alpha value is -3.71. The third-order valence-electron chi connectivity index (χ3n) is 4.56. The van der Waals surface area contributed by atoms with Crippen LogP contribution in [-0.2, 0) is 4.79 Å². The molecule has 1 aliphatic rings. The van der Waals surface area contributed by atoms with Gasteiger partial charge in [-0.05, 0) is 48.5 Å². The van der Waals surface area contributed by atoms with Crippen LogP contribution in [0.15, 0.2) is 60.9 Å². The Bertz CT molecular complexity index is 1310. The normalized spacial score (nSPS) is 14.3. The summed E-state index contributed by atoms with van der Waals surface area (Å²) in [6, 6.07) is 13.3. The van der Waals surface area contributed by atoms with Crippen molar-refractivity contribution in [3.63, 3.8) is 0 Å². The fourth-order valence-corrected chi connectivity index (χ4v) is 3.42. The van der Waals surface area contributed by atoms with E-state index in [-0.39, 0.29) is 5.91 Å². The quantitative estimate of drug-likeness (QED) is 0.482. The molecule has 6 nitrogen and oxygen atoms in total. The minimum atomic E-state index is -0.405. The van der Waals surface area contributed by atoms with Gasteiger partial charge in [-0.1, -0.05) is 17.7 Å². The molecule has 0 bridgehead atoms. The maximum atomic E-state index is 13.7. The summed E-state index contributed by atoms with van der Waals surface area (Å²) in [5, 5.41) is 10.8. The Labute approximate surface area is 169 Å². The third kappa shape index (κ3) is 3.21. The number of hydrogen-bond acceptors (Lipinski definition) is 4. The monoisotopic (exact) mass is 405 g/mol. The van der Waals surface area contributed by atoms with E-state index in [0.29, 0.717) is 38.9 Å². The van der Waals surface area contributed by atoms with Crippen molar-refractivity contribution in [3.8, 4) is 0 Å². The van der Waals surface area contributed by atoms with Crippen molar-refractivity contribution >= 4 is 52.0 Å². The topological polar surface area (TPSA) is 71.3 Å². The van der Waals surface area contributed by atoms with Gasteiger partial charge in [-0.25, -0.2) is 13.9 Å². The van der Waals surface area contributed by atoms with E-state index in [1.54, 1.807) is 47.3 Å². The molecular formula is C21H13ClFN5O. The van der Waals surface area contributed by atoms with E-state index < -0.39 is 5.82 Å². The molecule has 3 heterocycles. The van der Waals surface area contributed by atoms with Gasteiger partial charge in [-0.15, -0.1) is 0 Å². The van der Waals surface area contributed by atoms with Gasteiger partial charge in [-0.3, -0.25) is 4.79 Å². The van der Waals surface area contributed by atoms with Crippen molar-refractivity contribution in [1.82, 2.24) is 14.6 Å². The third-order valence-corrected chi connectivity index (χ3v) is 4.79. The Kier molecular flexibility index (Phi) is 4.03. The summed E-state index contributed by atoms with van der Waals surface area (Å²) in [5.41, 5.74) is 3.46. The van der Waals surface area contributed by atoms with Gasteiger partial charge < -0.3 is 10.6 Å². The molecule has 0 atom stereocenters. The smallest absolute Gasteiger partial charge is 0.256 e. The zero-order valence-electron chi connectivity index (χ0n) is 14.9. The number of halogens is 2. The summed E-state index contributed by atoms with van der Waals surface area (Å²) >= 11 is 6.03. The van der Waals surface area contributed by atoms with Crippen molar-refractivity contribution < 1.29 is 9.18 Å². The van der Waals surface area contributed by atoms with Crippen molar-refractivity contribution in [2.45, 2.75) is 0 Å². The Morgan fingerprint density at radius 3 is 2.93 bits per heavy atom. The first-order chi connectivity index (χ1) is 14.1. The van der Waals surface area contributed by atoms with Crippen LogP contribution in [0.5, 0.6) is 0 Å². The summed E-state index contributed by atoms with van der Waals surface area (Å²) in [7, 11) is 0. The second-order valence-corrected chi connectivity index (χ2v) is 6.95. The fraction of sp³-hybridized carbons (Fsp3) is 0.